The number of aryl methyl sites for hydroxylation is 3. The van der Waals surface area contributed by atoms with E-state index in [2.05, 4.69) is 20.0 Å². The zero-order chi connectivity index (χ0) is 21.5. The second-order valence-electron chi connectivity index (χ2n) is 7.01. The van der Waals surface area contributed by atoms with Crippen LogP contribution in [0.4, 0.5) is 5.69 Å². The van der Waals surface area contributed by atoms with E-state index in [1.807, 2.05) is 32.0 Å². The monoisotopic (exact) mass is 423 g/mol. The molecule has 0 aliphatic heterocycles. The Balaban J connectivity index is 1.69. The molecule has 0 spiro atoms. The smallest absolute Gasteiger partial charge is 0.262 e. The molecule has 0 amide bonds. The summed E-state index contributed by atoms with van der Waals surface area (Å²) in [5.74, 6) is 1.33. The van der Waals surface area contributed by atoms with Gasteiger partial charge in [-0.15, -0.1) is 10.2 Å². The fraction of sp³-hybridized carbons (Fsp3) is 0.190. The summed E-state index contributed by atoms with van der Waals surface area (Å²) in [6.07, 6.45) is 0. The molecule has 0 unspecified atom stereocenters. The summed E-state index contributed by atoms with van der Waals surface area (Å²) in [6.45, 7) is 5.38. The predicted molar refractivity (Wildman–Crippen MR) is 114 cm³/mol. The summed E-state index contributed by atoms with van der Waals surface area (Å²) < 4.78 is 35.6. The van der Waals surface area contributed by atoms with Gasteiger partial charge in [-0.25, -0.2) is 8.42 Å². The van der Waals surface area contributed by atoms with E-state index < -0.39 is 10.0 Å². The minimum atomic E-state index is -3.77. The molecule has 154 valence electrons. The fourth-order valence-electron chi connectivity index (χ4n) is 3.27. The average molecular weight is 423 g/mol. The van der Waals surface area contributed by atoms with Crippen LogP contribution in [-0.4, -0.2) is 35.3 Å². The van der Waals surface area contributed by atoms with E-state index in [0.29, 0.717) is 34.2 Å². The number of hydrogen-bond acceptors (Lipinski definition) is 6. The van der Waals surface area contributed by atoms with Crippen molar-refractivity contribution in [2.24, 2.45) is 0 Å². The minimum absolute atomic E-state index is 0.214. The lowest BCUT2D eigenvalue weighted by Gasteiger charge is -2.14. The van der Waals surface area contributed by atoms with Crippen molar-refractivity contribution in [3.8, 4) is 17.0 Å². The second kappa shape index (κ2) is 7.42. The van der Waals surface area contributed by atoms with Crippen molar-refractivity contribution in [1.29, 1.82) is 0 Å². The Kier molecular flexibility index (Phi) is 4.90. The van der Waals surface area contributed by atoms with Crippen LogP contribution in [0.1, 0.15) is 17.0 Å². The molecule has 0 aliphatic carbocycles. The topological polar surface area (TPSA) is 98.5 Å². The van der Waals surface area contributed by atoms with Gasteiger partial charge in [0.25, 0.3) is 10.0 Å². The molecule has 2 aromatic carbocycles. The third-order valence-electron chi connectivity index (χ3n) is 4.81. The van der Waals surface area contributed by atoms with Crippen molar-refractivity contribution < 1.29 is 13.2 Å². The van der Waals surface area contributed by atoms with Crippen LogP contribution in [0.5, 0.6) is 5.75 Å². The number of ether oxygens (including phenoxy) is 1. The lowest BCUT2D eigenvalue weighted by Crippen LogP contribution is -2.14. The van der Waals surface area contributed by atoms with Crippen molar-refractivity contribution in [3.05, 3.63) is 65.5 Å². The highest BCUT2D eigenvalue weighted by Crippen LogP contribution is 2.28. The first-order valence-electron chi connectivity index (χ1n) is 9.26. The summed E-state index contributed by atoms with van der Waals surface area (Å²) >= 11 is 0. The number of methoxy groups -OCH3 is 1. The van der Waals surface area contributed by atoms with Gasteiger partial charge in [0.1, 0.15) is 5.75 Å². The molecule has 9 heteroatoms. The minimum Gasteiger partial charge on any atom is -0.496 e. The van der Waals surface area contributed by atoms with Crippen LogP contribution < -0.4 is 9.46 Å². The molecule has 8 nitrogen and oxygen atoms in total. The summed E-state index contributed by atoms with van der Waals surface area (Å²) in [5, 5.41) is 12.6. The van der Waals surface area contributed by atoms with Gasteiger partial charge in [-0.3, -0.25) is 4.72 Å². The van der Waals surface area contributed by atoms with Crippen molar-refractivity contribution >= 4 is 21.4 Å². The average Bonchev–Trinajstić information content (AvgIpc) is 3.09. The third-order valence-corrected chi connectivity index (χ3v) is 6.33. The quantitative estimate of drug-likeness (QED) is 0.527. The van der Waals surface area contributed by atoms with E-state index >= 15 is 0 Å². The Hall–Kier alpha value is -3.46. The number of sulfonamides is 1. The van der Waals surface area contributed by atoms with Gasteiger partial charge < -0.3 is 4.74 Å². The van der Waals surface area contributed by atoms with Gasteiger partial charge in [-0.1, -0.05) is 12.1 Å². The van der Waals surface area contributed by atoms with Crippen LogP contribution in [0, 0.1) is 20.8 Å². The lowest BCUT2D eigenvalue weighted by atomic mass is 10.1. The summed E-state index contributed by atoms with van der Waals surface area (Å²) in [4.78, 5) is 0.214. The van der Waals surface area contributed by atoms with Gasteiger partial charge in [-0.2, -0.15) is 9.61 Å². The lowest BCUT2D eigenvalue weighted by molar-refractivity contribution is 0.411. The number of anilines is 1. The normalized spacial score (nSPS) is 11.6. The molecule has 0 saturated heterocycles. The van der Waals surface area contributed by atoms with Crippen LogP contribution in [0.15, 0.2) is 53.4 Å². The maximum atomic E-state index is 13.0. The first-order valence-corrected chi connectivity index (χ1v) is 10.7. The molecular formula is C21H21N5O3S. The maximum Gasteiger partial charge on any atom is 0.262 e. The molecule has 0 radical (unpaired) electrons. The van der Waals surface area contributed by atoms with Gasteiger partial charge in [0, 0.05) is 11.3 Å². The van der Waals surface area contributed by atoms with Crippen LogP contribution in [0.3, 0.4) is 0 Å². The zero-order valence-corrected chi connectivity index (χ0v) is 17.9. The molecule has 2 heterocycles. The number of benzene rings is 2. The van der Waals surface area contributed by atoms with Crippen LogP contribution in [0.25, 0.3) is 16.9 Å². The van der Waals surface area contributed by atoms with E-state index in [0.717, 1.165) is 11.1 Å². The molecule has 1 N–H and O–H groups in total. The fourth-order valence-corrected chi connectivity index (χ4v) is 4.64. The summed E-state index contributed by atoms with van der Waals surface area (Å²) in [6, 6.07) is 14.1. The first-order chi connectivity index (χ1) is 14.3. The van der Waals surface area contributed by atoms with E-state index in [4.69, 9.17) is 4.74 Å². The Morgan fingerprint density at radius 3 is 2.53 bits per heavy atom. The Bertz CT molecular complexity index is 1360. The van der Waals surface area contributed by atoms with Crippen molar-refractivity contribution in [2.75, 3.05) is 11.8 Å². The number of nitrogens with one attached hydrogen (secondary N) is 1. The van der Waals surface area contributed by atoms with Gasteiger partial charge in [0.05, 0.1) is 17.7 Å². The van der Waals surface area contributed by atoms with E-state index in [9.17, 15) is 8.42 Å². The van der Waals surface area contributed by atoms with E-state index in [1.165, 1.54) is 0 Å². The molecule has 0 bridgehead atoms. The highest BCUT2D eigenvalue weighted by molar-refractivity contribution is 7.92. The first kappa shape index (κ1) is 19.8. The molecule has 0 aliphatic rings. The summed E-state index contributed by atoms with van der Waals surface area (Å²) in [5.41, 5.74) is 3.91. The van der Waals surface area contributed by atoms with Crippen molar-refractivity contribution in [3.63, 3.8) is 0 Å². The molecule has 30 heavy (non-hydrogen) atoms. The molecular weight excluding hydrogens is 402 g/mol. The van der Waals surface area contributed by atoms with Crippen molar-refractivity contribution in [2.45, 2.75) is 25.7 Å². The largest absolute Gasteiger partial charge is 0.496 e. The van der Waals surface area contributed by atoms with E-state index in [-0.39, 0.29) is 4.90 Å². The molecule has 2 aromatic heterocycles. The van der Waals surface area contributed by atoms with Crippen LogP contribution in [0.2, 0.25) is 0 Å². The number of rotatable bonds is 5. The van der Waals surface area contributed by atoms with Gasteiger partial charge in [0.15, 0.2) is 11.5 Å². The second-order valence-corrected chi connectivity index (χ2v) is 8.66. The van der Waals surface area contributed by atoms with E-state index in [1.54, 1.807) is 48.9 Å². The standard InChI is InChI=1S/C21H21N5O3S/c1-13-11-20(14(2)10-19(13)29-4)30(27,28)25-17-7-5-6-16(12-17)18-8-9-21-23-22-15(3)26(21)24-18/h5-12,25H,1-4H3. The number of aromatic nitrogens is 4. The summed E-state index contributed by atoms with van der Waals surface area (Å²) in [7, 11) is -2.21. The number of fused-ring (bicyclic) bond motifs is 1. The molecule has 0 saturated carbocycles. The van der Waals surface area contributed by atoms with Crippen LogP contribution >= 0.6 is 0 Å². The molecule has 0 atom stereocenters. The highest BCUT2D eigenvalue weighted by atomic mass is 32.2. The van der Waals surface area contributed by atoms with Gasteiger partial charge in [-0.05, 0) is 68.3 Å². The van der Waals surface area contributed by atoms with Gasteiger partial charge in [0.2, 0.25) is 0 Å². The molecule has 0 fully saturated rings. The Labute approximate surface area is 174 Å². The Morgan fingerprint density at radius 1 is 0.967 bits per heavy atom. The zero-order valence-electron chi connectivity index (χ0n) is 17.0. The highest BCUT2D eigenvalue weighted by Gasteiger charge is 2.19. The van der Waals surface area contributed by atoms with Gasteiger partial charge >= 0.3 is 0 Å². The van der Waals surface area contributed by atoms with Crippen LogP contribution in [-0.2, 0) is 10.0 Å². The molecule has 4 rings (SSSR count). The maximum absolute atomic E-state index is 13.0. The number of nitrogens with zero attached hydrogens (tertiary/aromatic N) is 4. The predicted octanol–water partition coefficient (Wildman–Crippen LogP) is 3.53. The Morgan fingerprint density at radius 2 is 1.77 bits per heavy atom. The SMILES string of the molecule is COc1cc(C)c(S(=O)(=O)Nc2cccc(-c3ccc4nnc(C)n4n3)c2)cc1C. The third kappa shape index (κ3) is 3.59. The van der Waals surface area contributed by atoms with Crippen molar-refractivity contribution in [1.82, 2.24) is 19.8 Å². The number of hydrogen-bond donors (Lipinski definition) is 1. The molecule has 4 aromatic rings.